The highest BCUT2D eigenvalue weighted by Gasteiger charge is 2.30. The highest BCUT2D eigenvalue weighted by atomic mass is 19.4. The summed E-state index contributed by atoms with van der Waals surface area (Å²) in [5, 5.41) is 3.34. The van der Waals surface area contributed by atoms with Crippen molar-refractivity contribution >= 4 is 0 Å². The number of rotatable bonds is 1. The van der Waals surface area contributed by atoms with E-state index in [9.17, 15) is 13.2 Å². The highest BCUT2D eigenvalue weighted by molar-refractivity contribution is 5.27. The first-order chi connectivity index (χ1) is 7.97. The molecular formula is C13H16F3N. The maximum Gasteiger partial charge on any atom is 0.416 e. The molecule has 2 rings (SSSR count). The zero-order valence-corrected chi connectivity index (χ0v) is 9.72. The van der Waals surface area contributed by atoms with Crippen molar-refractivity contribution in [3.8, 4) is 0 Å². The minimum Gasteiger partial charge on any atom is -0.314 e. The molecule has 1 aromatic carbocycles. The van der Waals surface area contributed by atoms with Gasteiger partial charge in [-0.3, -0.25) is 0 Å². The fourth-order valence-electron chi connectivity index (χ4n) is 2.38. The maximum absolute atomic E-state index is 12.4. The summed E-state index contributed by atoms with van der Waals surface area (Å²) in [6.07, 6.45) is -2.25. The summed E-state index contributed by atoms with van der Waals surface area (Å²) in [5.41, 5.74) is 0.453. The number of hydrogen-bond acceptors (Lipinski definition) is 1. The van der Waals surface area contributed by atoms with Gasteiger partial charge in [-0.2, -0.15) is 13.2 Å². The molecule has 1 aliphatic rings. The Kier molecular flexibility index (Phi) is 3.43. The Bertz CT molecular complexity index is 369. The third-order valence-corrected chi connectivity index (χ3v) is 3.33. The third-order valence-electron chi connectivity index (χ3n) is 3.33. The van der Waals surface area contributed by atoms with Gasteiger partial charge in [0, 0.05) is 6.04 Å². The lowest BCUT2D eigenvalue weighted by Gasteiger charge is -2.28. The molecule has 0 amide bonds. The molecule has 1 nitrogen and oxygen atoms in total. The molecule has 1 saturated heterocycles. The van der Waals surface area contributed by atoms with Gasteiger partial charge in [0.2, 0.25) is 0 Å². The Morgan fingerprint density at radius 1 is 1.18 bits per heavy atom. The Morgan fingerprint density at radius 3 is 2.35 bits per heavy atom. The lowest BCUT2D eigenvalue weighted by Crippen LogP contribution is -2.34. The van der Waals surface area contributed by atoms with Crippen LogP contribution in [0.15, 0.2) is 24.3 Å². The minimum absolute atomic E-state index is 0.383. The van der Waals surface area contributed by atoms with Gasteiger partial charge >= 0.3 is 6.18 Å². The second-order valence-electron chi connectivity index (χ2n) is 4.70. The van der Waals surface area contributed by atoms with Crippen molar-refractivity contribution in [2.45, 2.75) is 37.9 Å². The van der Waals surface area contributed by atoms with Gasteiger partial charge in [0.05, 0.1) is 5.56 Å². The van der Waals surface area contributed by atoms with Crippen LogP contribution in [0.25, 0.3) is 0 Å². The molecule has 4 heteroatoms. The first kappa shape index (κ1) is 12.4. The number of piperidine rings is 1. The van der Waals surface area contributed by atoms with Gasteiger partial charge < -0.3 is 5.32 Å². The van der Waals surface area contributed by atoms with Crippen LogP contribution in [0, 0.1) is 0 Å². The first-order valence-electron chi connectivity index (χ1n) is 5.87. The number of halogens is 3. The second-order valence-corrected chi connectivity index (χ2v) is 4.70. The van der Waals surface area contributed by atoms with E-state index in [-0.39, 0.29) is 0 Å². The largest absolute Gasteiger partial charge is 0.416 e. The van der Waals surface area contributed by atoms with Crippen LogP contribution >= 0.6 is 0 Å². The maximum atomic E-state index is 12.4. The molecule has 0 radical (unpaired) electrons. The number of benzene rings is 1. The number of nitrogens with one attached hydrogen (secondary N) is 1. The fourth-order valence-corrected chi connectivity index (χ4v) is 2.38. The van der Waals surface area contributed by atoms with Crippen molar-refractivity contribution in [3.63, 3.8) is 0 Å². The van der Waals surface area contributed by atoms with E-state index in [4.69, 9.17) is 0 Å². The molecule has 1 fully saturated rings. The quantitative estimate of drug-likeness (QED) is 0.795. The Morgan fingerprint density at radius 2 is 1.82 bits per heavy atom. The molecule has 0 bridgehead atoms. The van der Waals surface area contributed by atoms with E-state index in [2.05, 4.69) is 12.2 Å². The number of hydrogen-bond donors (Lipinski definition) is 1. The van der Waals surface area contributed by atoms with Crippen molar-refractivity contribution in [1.82, 2.24) is 5.32 Å². The Balaban J connectivity index is 2.12. The molecule has 17 heavy (non-hydrogen) atoms. The highest BCUT2D eigenvalue weighted by Crippen LogP contribution is 2.32. The van der Waals surface area contributed by atoms with Gasteiger partial charge in [-0.15, -0.1) is 0 Å². The predicted molar refractivity (Wildman–Crippen MR) is 60.9 cm³/mol. The van der Waals surface area contributed by atoms with Gasteiger partial charge in [0.15, 0.2) is 0 Å². The van der Waals surface area contributed by atoms with Crippen molar-refractivity contribution in [2.75, 3.05) is 6.54 Å². The fraction of sp³-hybridized carbons (Fsp3) is 0.538. The number of alkyl halides is 3. The van der Waals surface area contributed by atoms with Crippen LogP contribution in [-0.4, -0.2) is 12.6 Å². The van der Waals surface area contributed by atoms with E-state index in [1.54, 1.807) is 12.1 Å². The molecule has 1 aromatic rings. The van der Waals surface area contributed by atoms with Gasteiger partial charge in [0.1, 0.15) is 0 Å². The molecule has 0 aromatic heterocycles. The van der Waals surface area contributed by atoms with Gasteiger partial charge in [-0.1, -0.05) is 12.1 Å². The molecule has 1 aliphatic heterocycles. The van der Waals surface area contributed by atoms with Crippen LogP contribution < -0.4 is 5.32 Å². The average molecular weight is 243 g/mol. The van der Waals surface area contributed by atoms with Gasteiger partial charge in [-0.25, -0.2) is 0 Å². The zero-order chi connectivity index (χ0) is 12.5. The first-order valence-corrected chi connectivity index (χ1v) is 5.87. The summed E-state index contributed by atoms with van der Waals surface area (Å²) in [6, 6.07) is 6.04. The van der Waals surface area contributed by atoms with Crippen molar-refractivity contribution < 1.29 is 13.2 Å². The van der Waals surface area contributed by atoms with Gasteiger partial charge in [-0.05, 0) is 49.9 Å². The zero-order valence-electron chi connectivity index (χ0n) is 9.72. The molecule has 0 spiro atoms. The van der Waals surface area contributed by atoms with Crippen molar-refractivity contribution in [2.24, 2.45) is 0 Å². The summed E-state index contributed by atoms with van der Waals surface area (Å²) >= 11 is 0. The van der Waals surface area contributed by atoms with E-state index in [1.165, 1.54) is 12.1 Å². The summed E-state index contributed by atoms with van der Waals surface area (Å²) in [5.74, 6) is 0.383. The molecular weight excluding hydrogens is 227 g/mol. The minimum atomic E-state index is -4.24. The average Bonchev–Trinajstić information content (AvgIpc) is 2.28. The molecule has 1 unspecified atom stereocenters. The van der Waals surface area contributed by atoms with Crippen LogP contribution in [0.4, 0.5) is 13.2 Å². The van der Waals surface area contributed by atoms with Crippen LogP contribution in [-0.2, 0) is 6.18 Å². The summed E-state index contributed by atoms with van der Waals surface area (Å²) in [6.45, 7) is 3.04. The second kappa shape index (κ2) is 4.69. The molecule has 0 aliphatic carbocycles. The molecule has 94 valence electrons. The standard InChI is InChI=1S/C13H16F3N/c1-9-8-11(6-7-17-9)10-2-4-12(5-3-10)13(14,15)16/h2-5,9,11,17H,6-8H2,1H3/t9-,11?/m0/s1. The molecule has 1 heterocycles. The topological polar surface area (TPSA) is 12.0 Å². The van der Waals surface area contributed by atoms with E-state index in [0.29, 0.717) is 12.0 Å². The van der Waals surface area contributed by atoms with E-state index < -0.39 is 11.7 Å². The summed E-state index contributed by atoms with van der Waals surface area (Å²) < 4.78 is 37.2. The molecule has 1 N–H and O–H groups in total. The van der Waals surface area contributed by atoms with E-state index in [0.717, 1.165) is 24.9 Å². The SMILES string of the molecule is C[C@H]1CC(c2ccc(C(F)(F)F)cc2)CCN1. The smallest absolute Gasteiger partial charge is 0.314 e. The predicted octanol–water partition coefficient (Wildman–Crippen LogP) is 3.56. The normalized spacial score (nSPS) is 25.9. The summed E-state index contributed by atoms with van der Waals surface area (Å²) in [4.78, 5) is 0. The van der Waals surface area contributed by atoms with E-state index in [1.807, 2.05) is 0 Å². The van der Waals surface area contributed by atoms with Gasteiger partial charge in [0.25, 0.3) is 0 Å². The molecule has 2 atom stereocenters. The van der Waals surface area contributed by atoms with Crippen LogP contribution in [0.1, 0.15) is 36.8 Å². The third kappa shape index (κ3) is 3.00. The van der Waals surface area contributed by atoms with Crippen LogP contribution in [0.3, 0.4) is 0 Å². The van der Waals surface area contributed by atoms with Crippen LogP contribution in [0.5, 0.6) is 0 Å². The van der Waals surface area contributed by atoms with Crippen molar-refractivity contribution in [1.29, 1.82) is 0 Å². The Labute approximate surface area is 99.0 Å². The van der Waals surface area contributed by atoms with Crippen LogP contribution in [0.2, 0.25) is 0 Å². The monoisotopic (exact) mass is 243 g/mol. The lowest BCUT2D eigenvalue weighted by molar-refractivity contribution is -0.137. The summed E-state index contributed by atoms with van der Waals surface area (Å²) in [7, 11) is 0. The lowest BCUT2D eigenvalue weighted by atomic mass is 9.86. The molecule has 0 saturated carbocycles. The van der Waals surface area contributed by atoms with E-state index >= 15 is 0 Å². The Hall–Kier alpha value is -1.03. The van der Waals surface area contributed by atoms with Crippen molar-refractivity contribution in [3.05, 3.63) is 35.4 Å².